The molecule has 1 unspecified atom stereocenters. The van der Waals surface area contributed by atoms with E-state index in [0.717, 1.165) is 37.4 Å². The number of rotatable bonds is 7. The van der Waals surface area contributed by atoms with Crippen LogP contribution in [-0.2, 0) is 9.47 Å². The molecule has 3 heterocycles. The topological polar surface area (TPSA) is 85.8 Å². The van der Waals surface area contributed by atoms with E-state index in [1.54, 1.807) is 17.2 Å². The van der Waals surface area contributed by atoms with Gasteiger partial charge in [0.15, 0.2) is 0 Å². The molecule has 2 aliphatic rings. The first-order valence-electron chi connectivity index (χ1n) is 10.9. The standard InChI is InChI=1S/C23H30N4O4/c1-15(2)20-14-30-23(28)27(20)21-8-11-24-22(26-21)25-16(3)17-4-6-18(7-5-17)31-19-9-12-29-13-10-19/h4-8,11,15-16,19-20H,9-10,12-14H2,1-3H3,(H,24,25,26)/t16-,20?/m0/s1. The summed E-state index contributed by atoms with van der Waals surface area (Å²) in [6.07, 6.45) is 3.37. The van der Waals surface area contributed by atoms with E-state index < -0.39 is 0 Å². The highest BCUT2D eigenvalue weighted by Gasteiger charge is 2.37. The van der Waals surface area contributed by atoms with Gasteiger partial charge in [-0.25, -0.2) is 9.78 Å². The number of carbonyl (C=O) groups is 1. The molecule has 8 nitrogen and oxygen atoms in total. The minimum absolute atomic E-state index is 0.0150. The maximum atomic E-state index is 12.2. The molecule has 2 aliphatic heterocycles. The van der Waals surface area contributed by atoms with Crippen LogP contribution in [0.1, 0.15) is 45.2 Å². The molecule has 1 amide bonds. The van der Waals surface area contributed by atoms with E-state index in [1.165, 1.54) is 0 Å². The Morgan fingerprint density at radius 3 is 2.58 bits per heavy atom. The maximum Gasteiger partial charge on any atom is 0.415 e. The van der Waals surface area contributed by atoms with Crippen molar-refractivity contribution < 1.29 is 19.0 Å². The molecule has 166 valence electrons. The molecule has 4 rings (SSSR count). The molecule has 1 aromatic heterocycles. The second-order valence-corrected chi connectivity index (χ2v) is 8.36. The van der Waals surface area contributed by atoms with Gasteiger partial charge in [0.25, 0.3) is 0 Å². The first-order valence-corrected chi connectivity index (χ1v) is 10.9. The van der Waals surface area contributed by atoms with Gasteiger partial charge in [0, 0.05) is 19.0 Å². The summed E-state index contributed by atoms with van der Waals surface area (Å²) in [5, 5.41) is 3.32. The SMILES string of the molecule is CC(C)C1COC(=O)N1c1ccnc(N[C@@H](C)c2ccc(OC3CCOCC3)cc2)n1. The second kappa shape index (κ2) is 9.51. The number of hydrogen-bond acceptors (Lipinski definition) is 7. The van der Waals surface area contributed by atoms with Crippen LogP contribution in [0, 0.1) is 5.92 Å². The van der Waals surface area contributed by atoms with Gasteiger partial charge in [0.05, 0.1) is 25.3 Å². The van der Waals surface area contributed by atoms with Crippen LogP contribution in [0.2, 0.25) is 0 Å². The van der Waals surface area contributed by atoms with Gasteiger partial charge in [-0.15, -0.1) is 0 Å². The molecule has 2 saturated heterocycles. The zero-order valence-corrected chi connectivity index (χ0v) is 18.3. The minimum Gasteiger partial charge on any atom is -0.490 e. The molecule has 2 atom stereocenters. The van der Waals surface area contributed by atoms with E-state index >= 15 is 0 Å². The molecule has 0 radical (unpaired) electrons. The summed E-state index contributed by atoms with van der Waals surface area (Å²) >= 11 is 0. The Morgan fingerprint density at radius 1 is 1.13 bits per heavy atom. The number of aromatic nitrogens is 2. The smallest absolute Gasteiger partial charge is 0.415 e. The van der Waals surface area contributed by atoms with E-state index in [0.29, 0.717) is 18.4 Å². The largest absolute Gasteiger partial charge is 0.490 e. The van der Waals surface area contributed by atoms with E-state index in [4.69, 9.17) is 14.2 Å². The Bertz CT molecular complexity index is 883. The quantitative estimate of drug-likeness (QED) is 0.710. The predicted octanol–water partition coefficient (Wildman–Crippen LogP) is 4.19. The number of benzene rings is 1. The van der Waals surface area contributed by atoms with Crippen LogP contribution >= 0.6 is 0 Å². The lowest BCUT2D eigenvalue weighted by Crippen LogP contribution is -2.37. The summed E-state index contributed by atoms with van der Waals surface area (Å²) in [5.74, 6) is 2.15. The summed E-state index contributed by atoms with van der Waals surface area (Å²) in [7, 11) is 0. The highest BCUT2D eigenvalue weighted by molar-refractivity contribution is 5.89. The minimum atomic E-state index is -0.364. The summed E-state index contributed by atoms with van der Waals surface area (Å²) in [6.45, 7) is 8.08. The molecule has 1 N–H and O–H groups in total. The molecule has 0 aliphatic carbocycles. The number of carbonyl (C=O) groups excluding carboxylic acids is 1. The number of nitrogens with one attached hydrogen (secondary N) is 1. The summed E-state index contributed by atoms with van der Waals surface area (Å²) < 4.78 is 16.7. The molecule has 0 saturated carbocycles. The third kappa shape index (κ3) is 5.07. The maximum absolute atomic E-state index is 12.2. The van der Waals surface area contributed by atoms with Gasteiger partial charge in [0.1, 0.15) is 24.3 Å². The number of anilines is 2. The molecular formula is C23H30N4O4. The lowest BCUT2D eigenvalue weighted by atomic mass is 10.0. The van der Waals surface area contributed by atoms with Gasteiger partial charge in [-0.1, -0.05) is 26.0 Å². The van der Waals surface area contributed by atoms with Gasteiger partial charge in [-0.3, -0.25) is 4.90 Å². The fraction of sp³-hybridized carbons (Fsp3) is 0.522. The number of cyclic esters (lactones) is 1. The Balaban J connectivity index is 1.41. The molecule has 2 aromatic rings. The average molecular weight is 427 g/mol. The molecule has 2 fully saturated rings. The van der Waals surface area contributed by atoms with Gasteiger partial charge in [-0.05, 0) is 36.6 Å². The molecule has 0 spiro atoms. The fourth-order valence-electron chi connectivity index (χ4n) is 3.84. The first kappa shape index (κ1) is 21.4. The number of ether oxygens (including phenoxy) is 3. The van der Waals surface area contributed by atoms with Crippen LogP contribution in [0.25, 0.3) is 0 Å². The zero-order valence-electron chi connectivity index (χ0n) is 18.3. The van der Waals surface area contributed by atoms with Crippen LogP contribution in [0.4, 0.5) is 16.6 Å². The van der Waals surface area contributed by atoms with E-state index in [1.807, 2.05) is 31.2 Å². The number of nitrogens with zero attached hydrogens (tertiary/aromatic N) is 3. The molecular weight excluding hydrogens is 396 g/mol. The first-order chi connectivity index (χ1) is 15.0. The van der Waals surface area contributed by atoms with Crippen molar-refractivity contribution in [1.29, 1.82) is 0 Å². The Labute approximate surface area is 182 Å². The number of amides is 1. The van der Waals surface area contributed by atoms with Crippen molar-refractivity contribution in [2.75, 3.05) is 30.0 Å². The van der Waals surface area contributed by atoms with Gasteiger partial charge in [-0.2, -0.15) is 4.98 Å². The van der Waals surface area contributed by atoms with E-state index in [9.17, 15) is 4.79 Å². The lowest BCUT2D eigenvalue weighted by molar-refractivity contribution is 0.0255. The molecule has 31 heavy (non-hydrogen) atoms. The van der Waals surface area contributed by atoms with Gasteiger partial charge < -0.3 is 19.5 Å². The third-order valence-electron chi connectivity index (χ3n) is 5.76. The van der Waals surface area contributed by atoms with Crippen LogP contribution < -0.4 is 15.0 Å². The van der Waals surface area contributed by atoms with Crippen molar-refractivity contribution in [3.05, 3.63) is 42.1 Å². The Kier molecular flexibility index (Phi) is 6.56. The number of hydrogen-bond donors (Lipinski definition) is 1. The predicted molar refractivity (Wildman–Crippen MR) is 117 cm³/mol. The normalized spacial score (nSPS) is 20.6. The Hall–Kier alpha value is -2.87. The van der Waals surface area contributed by atoms with Crippen molar-refractivity contribution in [3.63, 3.8) is 0 Å². The highest BCUT2D eigenvalue weighted by Crippen LogP contribution is 2.27. The molecule has 0 bridgehead atoms. The monoisotopic (exact) mass is 426 g/mol. The van der Waals surface area contributed by atoms with Crippen molar-refractivity contribution in [2.24, 2.45) is 5.92 Å². The molecule has 8 heteroatoms. The van der Waals surface area contributed by atoms with Crippen molar-refractivity contribution >= 4 is 17.9 Å². The van der Waals surface area contributed by atoms with E-state index in [2.05, 4.69) is 29.1 Å². The van der Waals surface area contributed by atoms with Crippen molar-refractivity contribution in [1.82, 2.24) is 9.97 Å². The fourth-order valence-corrected chi connectivity index (χ4v) is 3.84. The summed E-state index contributed by atoms with van der Waals surface area (Å²) in [6, 6.07) is 9.77. The summed E-state index contributed by atoms with van der Waals surface area (Å²) in [4.78, 5) is 22.7. The van der Waals surface area contributed by atoms with Crippen molar-refractivity contribution in [2.45, 2.75) is 51.8 Å². The third-order valence-corrected chi connectivity index (χ3v) is 5.76. The van der Waals surface area contributed by atoms with E-state index in [-0.39, 0.29) is 30.2 Å². The highest BCUT2D eigenvalue weighted by atomic mass is 16.6. The van der Waals surface area contributed by atoms with Gasteiger partial charge >= 0.3 is 6.09 Å². The lowest BCUT2D eigenvalue weighted by Gasteiger charge is -2.24. The zero-order chi connectivity index (χ0) is 21.8. The van der Waals surface area contributed by atoms with Crippen molar-refractivity contribution in [3.8, 4) is 5.75 Å². The molecule has 1 aromatic carbocycles. The summed E-state index contributed by atoms with van der Waals surface area (Å²) in [5.41, 5.74) is 1.09. The average Bonchev–Trinajstić information content (AvgIpc) is 3.17. The van der Waals surface area contributed by atoms with Crippen LogP contribution in [0.15, 0.2) is 36.5 Å². The van der Waals surface area contributed by atoms with Crippen LogP contribution in [-0.4, -0.2) is 48.0 Å². The van der Waals surface area contributed by atoms with Crippen LogP contribution in [0.5, 0.6) is 5.75 Å². The Morgan fingerprint density at radius 2 is 1.87 bits per heavy atom. The van der Waals surface area contributed by atoms with Gasteiger partial charge in [0.2, 0.25) is 5.95 Å². The van der Waals surface area contributed by atoms with Crippen LogP contribution in [0.3, 0.4) is 0 Å². The second-order valence-electron chi connectivity index (χ2n) is 8.36.